The van der Waals surface area contributed by atoms with E-state index < -0.39 is 5.97 Å². The Labute approximate surface area is 174 Å². The third kappa shape index (κ3) is 5.32. The standard InChI is InChI=1S/C24H22N2O4/c1-16-8-3-5-12-21(16)24(29)25-15-19-9-4-6-13-22(19)26-23(28)18-10-7-11-20(14-18)30-17(2)27/h3-14H,15H2,1-2H3,(H,25,29)(H,26,28). The molecule has 0 atom stereocenters. The quantitative estimate of drug-likeness (QED) is 0.480. The van der Waals surface area contributed by atoms with Gasteiger partial charge in [-0.15, -0.1) is 0 Å². The van der Waals surface area contributed by atoms with Crippen LogP contribution in [0.5, 0.6) is 5.75 Å². The number of amides is 2. The van der Waals surface area contributed by atoms with Gasteiger partial charge in [-0.2, -0.15) is 0 Å². The summed E-state index contributed by atoms with van der Waals surface area (Å²) >= 11 is 0. The van der Waals surface area contributed by atoms with E-state index in [0.717, 1.165) is 11.1 Å². The first-order valence-corrected chi connectivity index (χ1v) is 9.45. The van der Waals surface area contributed by atoms with Gasteiger partial charge in [0.15, 0.2) is 0 Å². The lowest BCUT2D eigenvalue weighted by molar-refractivity contribution is -0.131. The van der Waals surface area contributed by atoms with E-state index in [1.807, 2.05) is 37.3 Å². The molecule has 0 aliphatic rings. The van der Waals surface area contributed by atoms with Crippen molar-refractivity contribution in [2.24, 2.45) is 0 Å². The van der Waals surface area contributed by atoms with Crippen molar-refractivity contribution in [3.8, 4) is 5.75 Å². The number of hydrogen-bond donors (Lipinski definition) is 2. The minimum Gasteiger partial charge on any atom is -0.427 e. The van der Waals surface area contributed by atoms with Gasteiger partial charge >= 0.3 is 5.97 Å². The molecule has 2 N–H and O–H groups in total. The summed E-state index contributed by atoms with van der Waals surface area (Å²) in [5.41, 5.74) is 3.22. The number of benzene rings is 3. The maximum Gasteiger partial charge on any atom is 0.308 e. The summed E-state index contributed by atoms with van der Waals surface area (Å²) < 4.78 is 5.03. The summed E-state index contributed by atoms with van der Waals surface area (Å²) in [6.07, 6.45) is 0. The molecule has 0 fully saturated rings. The number of para-hydroxylation sites is 1. The fourth-order valence-electron chi connectivity index (χ4n) is 2.96. The normalized spacial score (nSPS) is 10.2. The third-order valence-electron chi connectivity index (χ3n) is 4.45. The zero-order chi connectivity index (χ0) is 21.5. The zero-order valence-corrected chi connectivity index (χ0v) is 16.8. The summed E-state index contributed by atoms with van der Waals surface area (Å²) in [5, 5.41) is 5.74. The number of rotatable bonds is 6. The van der Waals surface area contributed by atoms with Gasteiger partial charge in [0.2, 0.25) is 0 Å². The van der Waals surface area contributed by atoms with Gasteiger partial charge in [-0.3, -0.25) is 14.4 Å². The minimum absolute atomic E-state index is 0.177. The lowest BCUT2D eigenvalue weighted by Gasteiger charge is -2.13. The molecule has 0 unspecified atom stereocenters. The molecule has 6 heteroatoms. The molecular weight excluding hydrogens is 380 g/mol. The number of nitrogens with one attached hydrogen (secondary N) is 2. The zero-order valence-electron chi connectivity index (χ0n) is 16.8. The van der Waals surface area contributed by atoms with Crippen molar-refractivity contribution in [2.45, 2.75) is 20.4 Å². The SMILES string of the molecule is CC(=O)Oc1cccc(C(=O)Nc2ccccc2CNC(=O)c2ccccc2C)c1. The Morgan fingerprint density at radius 3 is 2.37 bits per heavy atom. The smallest absolute Gasteiger partial charge is 0.308 e. The maximum atomic E-state index is 12.7. The molecule has 0 heterocycles. The molecule has 0 aliphatic heterocycles. The van der Waals surface area contributed by atoms with Crippen molar-refractivity contribution >= 4 is 23.5 Å². The summed E-state index contributed by atoms with van der Waals surface area (Å²) in [6.45, 7) is 3.44. The van der Waals surface area contributed by atoms with Gasteiger partial charge in [-0.1, -0.05) is 42.5 Å². The second-order valence-corrected chi connectivity index (χ2v) is 6.73. The summed E-state index contributed by atoms with van der Waals surface area (Å²) in [4.78, 5) is 36.3. The van der Waals surface area contributed by atoms with Crippen LogP contribution in [0, 0.1) is 6.92 Å². The Morgan fingerprint density at radius 2 is 1.60 bits per heavy atom. The molecule has 3 aromatic rings. The Kier molecular flexibility index (Phi) is 6.60. The van der Waals surface area contributed by atoms with Crippen LogP contribution in [0.3, 0.4) is 0 Å². The average Bonchev–Trinajstić information content (AvgIpc) is 2.73. The molecule has 6 nitrogen and oxygen atoms in total. The van der Waals surface area contributed by atoms with Crippen LogP contribution in [-0.2, 0) is 11.3 Å². The molecule has 0 radical (unpaired) electrons. The number of anilines is 1. The molecule has 152 valence electrons. The number of carbonyl (C=O) groups is 3. The highest BCUT2D eigenvalue weighted by molar-refractivity contribution is 6.05. The molecule has 0 spiro atoms. The van der Waals surface area contributed by atoms with Crippen molar-refractivity contribution < 1.29 is 19.1 Å². The number of aryl methyl sites for hydroxylation is 1. The van der Waals surface area contributed by atoms with Gasteiger partial charge in [0, 0.05) is 30.3 Å². The highest BCUT2D eigenvalue weighted by Gasteiger charge is 2.12. The van der Waals surface area contributed by atoms with Gasteiger partial charge in [0.05, 0.1) is 0 Å². The van der Waals surface area contributed by atoms with E-state index in [9.17, 15) is 14.4 Å². The summed E-state index contributed by atoms with van der Waals surface area (Å²) in [6, 6.07) is 21.0. The molecule has 3 aromatic carbocycles. The molecule has 0 bridgehead atoms. The van der Waals surface area contributed by atoms with Crippen LogP contribution in [0.2, 0.25) is 0 Å². The monoisotopic (exact) mass is 402 g/mol. The first-order chi connectivity index (χ1) is 14.4. The Morgan fingerprint density at radius 1 is 0.867 bits per heavy atom. The second-order valence-electron chi connectivity index (χ2n) is 6.73. The highest BCUT2D eigenvalue weighted by Crippen LogP contribution is 2.19. The molecule has 3 rings (SSSR count). The van der Waals surface area contributed by atoms with Gasteiger partial charge in [-0.25, -0.2) is 0 Å². The first-order valence-electron chi connectivity index (χ1n) is 9.45. The topological polar surface area (TPSA) is 84.5 Å². The highest BCUT2D eigenvalue weighted by atomic mass is 16.5. The van der Waals surface area contributed by atoms with Gasteiger partial charge in [-0.05, 0) is 48.4 Å². The average molecular weight is 402 g/mol. The van der Waals surface area contributed by atoms with E-state index in [4.69, 9.17) is 4.74 Å². The maximum absolute atomic E-state index is 12.7. The predicted octanol–water partition coefficient (Wildman–Crippen LogP) is 4.10. The van der Waals surface area contributed by atoms with Crippen molar-refractivity contribution in [1.82, 2.24) is 5.32 Å². The second kappa shape index (κ2) is 9.52. The van der Waals surface area contributed by atoms with E-state index in [2.05, 4.69) is 10.6 Å². The van der Waals surface area contributed by atoms with Crippen LogP contribution in [-0.4, -0.2) is 17.8 Å². The fourth-order valence-corrected chi connectivity index (χ4v) is 2.96. The van der Waals surface area contributed by atoms with E-state index in [1.165, 1.54) is 13.0 Å². The van der Waals surface area contributed by atoms with Crippen LogP contribution >= 0.6 is 0 Å². The van der Waals surface area contributed by atoms with Crippen LogP contribution in [0.4, 0.5) is 5.69 Å². The number of hydrogen-bond acceptors (Lipinski definition) is 4. The predicted molar refractivity (Wildman–Crippen MR) is 114 cm³/mol. The Bertz CT molecular complexity index is 1090. The van der Waals surface area contributed by atoms with E-state index in [0.29, 0.717) is 22.6 Å². The largest absolute Gasteiger partial charge is 0.427 e. The van der Waals surface area contributed by atoms with Gasteiger partial charge in [0.1, 0.15) is 5.75 Å². The Hall–Kier alpha value is -3.93. The fraction of sp³-hybridized carbons (Fsp3) is 0.125. The first kappa shape index (κ1) is 20.8. The van der Waals surface area contributed by atoms with Crippen LogP contribution in [0.25, 0.3) is 0 Å². The minimum atomic E-state index is -0.456. The van der Waals surface area contributed by atoms with E-state index in [1.54, 1.807) is 36.4 Å². The van der Waals surface area contributed by atoms with Crippen LogP contribution in [0.15, 0.2) is 72.8 Å². The molecule has 0 saturated heterocycles. The molecular formula is C24H22N2O4. The molecule has 0 saturated carbocycles. The molecule has 0 aliphatic carbocycles. The Balaban J connectivity index is 1.71. The molecule has 2 amide bonds. The van der Waals surface area contributed by atoms with E-state index >= 15 is 0 Å². The van der Waals surface area contributed by atoms with E-state index in [-0.39, 0.29) is 18.4 Å². The lowest BCUT2D eigenvalue weighted by Crippen LogP contribution is -2.24. The van der Waals surface area contributed by atoms with Crippen molar-refractivity contribution in [2.75, 3.05) is 5.32 Å². The van der Waals surface area contributed by atoms with Crippen LogP contribution < -0.4 is 15.4 Å². The van der Waals surface area contributed by atoms with Crippen molar-refractivity contribution in [1.29, 1.82) is 0 Å². The van der Waals surface area contributed by atoms with Crippen molar-refractivity contribution in [3.05, 3.63) is 95.1 Å². The summed E-state index contributed by atoms with van der Waals surface area (Å²) in [5.74, 6) is -0.679. The molecule has 30 heavy (non-hydrogen) atoms. The van der Waals surface area contributed by atoms with Gasteiger partial charge in [0.25, 0.3) is 11.8 Å². The van der Waals surface area contributed by atoms with Crippen molar-refractivity contribution in [3.63, 3.8) is 0 Å². The summed E-state index contributed by atoms with van der Waals surface area (Å²) in [7, 11) is 0. The third-order valence-corrected chi connectivity index (χ3v) is 4.45. The number of carbonyl (C=O) groups excluding carboxylic acids is 3. The van der Waals surface area contributed by atoms with Gasteiger partial charge < -0.3 is 15.4 Å². The number of ether oxygens (including phenoxy) is 1. The molecule has 0 aromatic heterocycles. The number of esters is 1. The van der Waals surface area contributed by atoms with Crippen LogP contribution in [0.1, 0.15) is 38.8 Å². The lowest BCUT2D eigenvalue weighted by atomic mass is 10.1.